The lowest BCUT2D eigenvalue weighted by Crippen LogP contribution is -2.47. The predicted octanol–water partition coefficient (Wildman–Crippen LogP) is 7.19. The van der Waals surface area contributed by atoms with Crippen molar-refractivity contribution in [3.63, 3.8) is 0 Å². The number of urea groups is 1. The number of fused-ring (bicyclic) bond motifs is 1. The molecule has 1 fully saturated rings. The summed E-state index contributed by atoms with van der Waals surface area (Å²) in [7, 11) is 3.14. The number of anilines is 3. The summed E-state index contributed by atoms with van der Waals surface area (Å²) >= 11 is 6.27. The predicted molar refractivity (Wildman–Crippen MR) is 157 cm³/mol. The average molecular weight is 633 g/mol. The molecule has 4 aromatic rings. The first-order chi connectivity index (χ1) is 20.8. The molecule has 0 saturated carbocycles. The molecule has 2 heterocycles. The molecule has 0 bridgehead atoms. The number of nitrogens with one attached hydrogen (secondary N) is 2. The van der Waals surface area contributed by atoms with E-state index in [4.69, 9.17) is 22.1 Å². The average Bonchev–Trinajstić information content (AvgIpc) is 3.27. The Labute approximate surface area is 253 Å². The van der Waals surface area contributed by atoms with Crippen LogP contribution in [0.1, 0.15) is 30.4 Å². The molecule has 2 amide bonds. The van der Waals surface area contributed by atoms with Gasteiger partial charge in [-0.25, -0.2) is 13.6 Å². The molecule has 14 heteroatoms. The Morgan fingerprint density at radius 2 is 1.91 bits per heavy atom. The molecule has 0 spiro atoms. The SMILES string of the molecule is CNC(=O)N1CCCCC1C#Cc1cc(Nc2cc(F)cc(C(F)(F)F)c2)c(Oc2cc(F)ccc2Cl)c2c(N)nn(C)c12. The maximum absolute atomic E-state index is 14.3. The number of carbonyl (C=O) groups excluding carboxylic acids is 1. The van der Waals surface area contributed by atoms with Crippen LogP contribution < -0.4 is 21.1 Å². The lowest BCUT2D eigenvalue weighted by atomic mass is 10.0. The molecule has 4 N–H and O–H groups in total. The van der Waals surface area contributed by atoms with Crippen molar-refractivity contribution in [2.45, 2.75) is 31.5 Å². The molecule has 0 radical (unpaired) electrons. The molecule has 1 aliphatic heterocycles. The molecule has 0 aliphatic carbocycles. The summed E-state index contributed by atoms with van der Waals surface area (Å²) < 4.78 is 76.5. The number of likely N-dealkylation sites (tertiary alicyclic amines) is 1. The number of rotatable bonds is 4. The van der Waals surface area contributed by atoms with E-state index in [2.05, 4.69) is 27.6 Å². The third-order valence-corrected chi connectivity index (χ3v) is 7.36. The van der Waals surface area contributed by atoms with E-state index in [9.17, 15) is 26.7 Å². The van der Waals surface area contributed by atoms with Gasteiger partial charge in [0.1, 0.15) is 17.4 Å². The molecule has 1 atom stereocenters. The van der Waals surface area contributed by atoms with Gasteiger partial charge in [0.2, 0.25) is 0 Å². The van der Waals surface area contributed by atoms with E-state index in [0.29, 0.717) is 30.1 Å². The highest BCUT2D eigenvalue weighted by Gasteiger charge is 2.32. The number of benzene rings is 3. The van der Waals surface area contributed by atoms with Crippen LogP contribution in [-0.2, 0) is 13.2 Å². The van der Waals surface area contributed by atoms with E-state index in [1.165, 1.54) is 23.9 Å². The summed E-state index contributed by atoms with van der Waals surface area (Å²) in [5.74, 6) is 4.21. The second-order valence-corrected chi connectivity index (χ2v) is 10.5. The fourth-order valence-electron chi connectivity index (χ4n) is 5.06. The lowest BCUT2D eigenvalue weighted by Gasteiger charge is -2.32. The number of amides is 2. The molecule has 230 valence electrons. The quantitative estimate of drug-likeness (QED) is 0.164. The number of nitrogens with two attached hydrogens (primary N) is 1. The van der Waals surface area contributed by atoms with Crippen LogP contribution in [0.5, 0.6) is 11.5 Å². The van der Waals surface area contributed by atoms with Gasteiger partial charge in [-0.1, -0.05) is 23.4 Å². The van der Waals surface area contributed by atoms with E-state index < -0.39 is 29.4 Å². The van der Waals surface area contributed by atoms with Crippen LogP contribution in [-0.4, -0.2) is 40.3 Å². The van der Waals surface area contributed by atoms with Gasteiger partial charge in [0.15, 0.2) is 11.6 Å². The first kappa shape index (κ1) is 30.7. The van der Waals surface area contributed by atoms with Gasteiger partial charge in [-0.05, 0) is 55.7 Å². The van der Waals surface area contributed by atoms with Crippen molar-refractivity contribution in [1.29, 1.82) is 0 Å². The number of hydrogen-bond acceptors (Lipinski definition) is 5. The maximum atomic E-state index is 14.3. The molecule has 1 unspecified atom stereocenters. The number of ether oxygens (including phenoxy) is 1. The minimum absolute atomic E-state index is 0.0207. The second-order valence-electron chi connectivity index (χ2n) is 10.1. The van der Waals surface area contributed by atoms with Crippen LogP contribution >= 0.6 is 11.6 Å². The van der Waals surface area contributed by atoms with Gasteiger partial charge >= 0.3 is 12.2 Å². The molecule has 1 aliphatic rings. The number of nitrogens with zero attached hydrogens (tertiary/aromatic N) is 3. The molecular formula is C30H26ClF5N6O2. The van der Waals surface area contributed by atoms with Gasteiger partial charge in [0, 0.05) is 32.4 Å². The monoisotopic (exact) mass is 632 g/mol. The van der Waals surface area contributed by atoms with Crippen molar-refractivity contribution in [3.05, 3.63) is 70.2 Å². The van der Waals surface area contributed by atoms with Gasteiger partial charge in [-0.2, -0.15) is 18.3 Å². The smallest absolute Gasteiger partial charge is 0.416 e. The zero-order valence-corrected chi connectivity index (χ0v) is 24.2. The summed E-state index contributed by atoms with van der Waals surface area (Å²) in [6, 6.07) is 6.18. The van der Waals surface area contributed by atoms with Crippen LogP contribution in [0.25, 0.3) is 10.9 Å². The molecule has 5 rings (SSSR count). The fourth-order valence-corrected chi connectivity index (χ4v) is 5.22. The van der Waals surface area contributed by atoms with Gasteiger partial charge < -0.3 is 26.0 Å². The van der Waals surface area contributed by atoms with E-state index in [-0.39, 0.29) is 45.1 Å². The van der Waals surface area contributed by atoms with Crippen LogP contribution in [0.15, 0.2) is 42.5 Å². The number of aryl methyl sites for hydroxylation is 1. The fraction of sp³-hybridized carbons (Fsp3) is 0.267. The lowest BCUT2D eigenvalue weighted by molar-refractivity contribution is -0.137. The number of piperidine rings is 1. The minimum Gasteiger partial charge on any atom is -0.453 e. The van der Waals surface area contributed by atoms with Gasteiger partial charge in [-0.15, -0.1) is 0 Å². The third-order valence-electron chi connectivity index (χ3n) is 7.05. The Balaban J connectivity index is 1.71. The van der Waals surface area contributed by atoms with Crippen LogP contribution in [0, 0.1) is 23.5 Å². The molecule has 44 heavy (non-hydrogen) atoms. The summed E-state index contributed by atoms with van der Waals surface area (Å²) in [6.45, 7) is 0.516. The van der Waals surface area contributed by atoms with Crippen molar-refractivity contribution in [2.75, 3.05) is 24.6 Å². The van der Waals surface area contributed by atoms with Crippen molar-refractivity contribution in [3.8, 4) is 23.3 Å². The van der Waals surface area contributed by atoms with Gasteiger partial charge in [-0.3, -0.25) is 4.68 Å². The zero-order chi connectivity index (χ0) is 31.8. The Hall–Kier alpha value is -4.70. The standard InChI is InChI=1S/C30H26ClF5N6O2/c1-38-29(43)42-10-4-3-5-21(42)8-6-16-11-23(39-20-13-17(30(34,35)36)12-19(33)14-20)27(25-26(16)41(2)40-28(25)37)44-24-15-18(32)7-9-22(24)31/h7,9,11-15,21,39H,3-5,10H2,1-2H3,(H2,37,40)(H,38,43). The number of aromatic nitrogens is 2. The Morgan fingerprint density at radius 3 is 2.64 bits per heavy atom. The van der Waals surface area contributed by atoms with Crippen molar-refractivity contribution in [2.24, 2.45) is 7.05 Å². The number of alkyl halides is 3. The normalized spacial score (nSPS) is 15.1. The molecule has 3 aromatic carbocycles. The summed E-state index contributed by atoms with van der Waals surface area (Å²) in [5, 5.41) is 9.91. The highest BCUT2D eigenvalue weighted by Crippen LogP contribution is 2.45. The Bertz CT molecular complexity index is 1810. The number of halogens is 6. The van der Waals surface area contributed by atoms with Crippen LogP contribution in [0.2, 0.25) is 5.02 Å². The Kier molecular flexibility index (Phi) is 8.47. The molecule has 1 saturated heterocycles. The number of hydrogen-bond donors (Lipinski definition) is 3. The molecular weight excluding hydrogens is 607 g/mol. The number of carbonyl (C=O) groups is 1. The number of nitrogen functional groups attached to an aromatic ring is 1. The summed E-state index contributed by atoms with van der Waals surface area (Å²) in [4.78, 5) is 14.1. The topological polar surface area (TPSA) is 97.4 Å². The highest BCUT2D eigenvalue weighted by molar-refractivity contribution is 6.32. The van der Waals surface area contributed by atoms with Crippen molar-refractivity contribution >= 4 is 45.7 Å². The van der Waals surface area contributed by atoms with E-state index in [1.807, 2.05) is 0 Å². The summed E-state index contributed by atoms with van der Waals surface area (Å²) in [5.41, 5.74) is 5.56. The van der Waals surface area contributed by atoms with E-state index in [1.54, 1.807) is 11.9 Å². The largest absolute Gasteiger partial charge is 0.453 e. The Morgan fingerprint density at radius 1 is 1.14 bits per heavy atom. The van der Waals surface area contributed by atoms with Gasteiger partial charge in [0.25, 0.3) is 0 Å². The van der Waals surface area contributed by atoms with Crippen molar-refractivity contribution < 1.29 is 31.5 Å². The van der Waals surface area contributed by atoms with Crippen LogP contribution in [0.4, 0.5) is 43.9 Å². The maximum Gasteiger partial charge on any atom is 0.416 e. The van der Waals surface area contributed by atoms with Gasteiger partial charge in [0.05, 0.1) is 38.8 Å². The first-order valence-electron chi connectivity index (χ1n) is 13.4. The molecule has 1 aromatic heterocycles. The van der Waals surface area contributed by atoms with Crippen molar-refractivity contribution in [1.82, 2.24) is 20.0 Å². The van der Waals surface area contributed by atoms with E-state index in [0.717, 1.165) is 37.1 Å². The zero-order valence-electron chi connectivity index (χ0n) is 23.5. The van der Waals surface area contributed by atoms with Crippen LogP contribution in [0.3, 0.4) is 0 Å². The second kappa shape index (κ2) is 12.1. The van der Waals surface area contributed by atoms with E-state index >= 15 is 0 Å². The molecule has 8 nitrogen and oxygen atoms in total. The first-order valence-corrected chi connectivity index (χ1v) is 13.8. The minimum atomic E-state index is -4.82. The third kappa shape index (κ3) is 6.30. The highest BCUT2D eigenvalue weighted by atomic mass is 35.5. The summed E-state index contributed by atoms with van der Waals surface area (Å²) in [6.07, 6.45) is -2.51.